The summed E-state index contributed by atoms with van der Waals surface area (Å²) in [6.07, 6.45) is 3.04. The van der Waals surface area contributed by atoms with Gasteiger partial charge in [-0.15, -0.1) is 0 Å². The van der Waals surface area contributed by atoms with Crippen LogP contribution in [0.2, 0.25) is 0 Å². The number of rotatable bonds is 32. The van der Waals surface area contributed by atoms with Crippen LogP contribution in [0.3, 0.4) is 0 Å². The molecule has 140 heavy (non-hydrogen) atoms. The lowest BCUT2D eigenvalue weighted by molar-refractivity contribution is 0.0812. The Hall–Kier alpha value is -16.5. The van der Waals surface area contributed by atoms with Gasteiger partial charge < -0.3 is 112 Å². The molecule has 4 aliphatic heterocycles. The normalized spacial score (nSPS) is 15.1. The second kappa shape index (κ2) is 38.9. The van der Waals surface area contributed by atoms with Crippen LogP contribution in [0.5, 0.6) is 115 Å². The molecular weight excluding hydrogens is 1790 g/mol. The molecule has 0 fully saturated rings. The molecular formula is C112H96O28. The molecule has 1 aliphatic carbocycles. The van der Waals surface area contributed by atoms with Gasteiger partial charge in [0, 0.05) is 161 Å². The highest BCUT2D eigenvalue weighted by Gasteiger charge is 2.45. The van der Waals surface area contributed by atoms with E-state index in [-0.39, 0.29) is 118 Å². The van der Waals surface area contributed by atoms with E-state index in [9.17, 15) is 19.2 Å². The van der Waals surface area contributed by atoms with E-state index in [1.54, 1.807) is 48.5 Å². The smallest absolute Gasteiger partial charge is 0.336 e. The molecule has 21 rings (SSSR count). The maximum Gasteiger partial charge on any atom is 0.336 e. The number of ether oxygens (including phenoxy) is 20. The van der Waals surface area contributed by atoms with Crippen LogP contribution in [0.1, 0.15) is 138 Å². The average molecular weight is 1890 g/mol. The molecule has 0 radical (unpaired) electrons. The molecule has 28 nitrogen and oxygen atoms in total. The van der Waals surface area contributed by atoms with Crippen LogP contribution in [-0.4, -0.2) is 84.1 Å². The molecule has 16 bridgehead atoms. The number of hydrogen-bond acceptors (Lipinski definition) is 28. The Morgan fingerprint density at radius 1 is 0.229 bits per heavy atom. The summed E-state index contributed by atoms with van der Waals surface area (Å²) in [7, 11) is 12.1. The number of aryl methyl sites for hydroxylation is 4. The van der Waals surface area contributed by atoms with Crippen LogP contribution in [-0.2, 0) is 52.1 Å². The molecule has 5 aliphatic rings. The molecule has 16 aromatic rings. The highest BCUT2D eigenvalue weighted by atomic mass is 16.7. The predicted octanol–water partition coefficient (Wildman–Crippen LogP) is 20.8. The summed E-state index contributed by atoms with van der Waals surface area (Å²) in [5.41, 5.74) is 8.52. The highest BCUT2D eigenvalue weighted by Crippen LogP contribution is 2.64. The quantitative estimate of drug-likeness (QED) is 0.0354. The van der Waals surface area contributed by atoms with E-state index in [4.69, 9.17) is 112 Å². The van der Waals surface area contributed by atoms with Crippen LogP contribution in [0, 0.1) is 0 Å². The van der Waals surface area contributed by atoms with Crippen LogP contribution in [0.25, 0.3) is 43.9 Å². The molecule has 0 N–H and O–H groups in total. The topological polar surface area (TPSA) is 305 Å². The van der Waals surface area contributed by atoms with Crippen molar-refractivity contribution in [1.29, 1.82) is 0 Å². The molecule has 12 aromatic carbocycles. The van der Waals surface area contributed by atoms with Gasteiger partial charge in [-0.1, -0.05) is 121 Å². The van der Waals surface area contributed by atoms with E-state index < -0.39 is 73.3 Å². The molecule has 0 saturated heterocycles. The third kappa shape index (κ3) is 17.3. The van der Waals surface area contributed by atoms with Crippen molar-refractivity contribution in [1.82, 2.24) is 0 Å². The maximum absolute atomic E-state index is 14.2. The van der Waals surface area contributed by atoms with Gasteiger partial charge in [0.1, 0.15) is 48.8 Å². The first-order valence-corrected chi connectivity index (χ1v) is 45.9. The molecule has 0 saturated carbocycles. The van der Waals surface area contributed by atoms with E-state index in [1.807, 2.05) is 72.8 Å². The highest BCUT2D eigenvalue weighted by molar-refractivity contribution is 5.88. The fraction of sp³-hybridized carbons (Fsp3) is 0.250. The monoisotopic (exact) mass is 1890 g/mol. The Kier molecular flexibility index (Phi) is 25.0. The minimum atomic E-state index is -0.833. The Bertz CT molecular complexity index is 6680. The lowest BCUT2D eigenvalue weighted by Gasteiger charge is -2.37. The summed E-state index contributed by atoms with van der Waals surface area (Å²) in [6.45, 7) is -3.36. The first-order chi connectivity index (χ1) is 68.6. The zero-order valence-electron chi connectivity index (χ0n) is 77.8. The number of benzene rings is 12. The lowest BCUT2D eigenvalue weighted by atomic mass is 9.75. The van der Waals surface area contributed by atoms with Gasteiger partial charge in [-0.05, 0) is 122 Å². The molecule has 0 amide bonds. The van der Waals surface area contributed by atoms with Gasteiger partial charge in [0.15, 0.2) is 92.0 Å². The summed E-state index contributed by atoms with van der Waals surface area (Å²) >= 11 is 0. The van der Waals surface area contributed by atoms with Gasteiger partial charge >= 0.3 is 22.5 Å². The van der Waals surface area contributed by atoms with Crippen molar-refractivity contribution in [3.05, 3.63) is 349 Å². The molecule has 712 valence electrons. The molecule has 4 aromatic heterocycles. The summed E-state index contributed by atoms with van der Waals surface area (Å²) in [4.78, 5) is 56.9. The Balaban J connectivity index is 0.906. The van der Waals surface area contributed by atoms with Gasteiger partial charge in [0.25, 0.3) is 0 Å². The molecule has 0 atom stereocenters. The molecule has 8 heterocycles. The molecule has 28 heteroatoms. The first-order valence-electron chi connectivity index (χ1n) is 45.9. The lowest BCUT2D eigenvalue weighted by Crippen LogP contribution is -2.25. The van der Waals surface area contributed by atoms with Crippen molar-refractivity contribution < 1.29 is 112 Å². The predicted molar refractivity (Wildman–Crippen MR) is 516 cm³/mol. The standard InChI is InChI=1S/C112H96O28/c1-117-89-45-73-65(37-97(113)137-85(73)49-93(89)121-5)53-125-109-101-77-41-78-70(34-30-62-23-15-10-16-24-62)80-43-82-72(36-32-64-27-19-12-20-28-64)84-44-83-71(35-31-63-25-17-11-18-26-63)81-42-79(69(77)33-29-61-21-13-9-14-22-61)103(131-57-129-101)110(126-54-66-38-98(114)138-86-50-94(122-6)90(118-2)46-74(66)86)105(81)133-59-135-107(83)112(128-56-68-40-100(116)140-88-52-96(124-8)92(120-4)48-76(68)88)108(84)136-60-134-106(82)111(104(80)132-58-130-102(78)109)127-55-67-39-99(115)139-87-51-95(123-7)91(119-3)47-75(67)87/h9-28,37-52,69-72H,29-36,53-60H2,1-8H3. The molecule has 0 spiro atoms. The Morgan fingerprint density at radius 3 is 0.586 bits per heavy atom. The van der Waals surface area contributed by atoms with Crippen molar-refractivity contribution in [2.75, 3.05) is 84.1 Å². The van der Waals surface area contributed by atoms with Crippen molar-refractivity contribution in [3.63, 3.8) is 0 Å². The summed E-state index contributed by atoms with van der Waals surface area (Å²) in [5.74, 6) is 1.57. The zero-order chi connectivity index (χ0) is 95.8. The second-order valence-corrected chi connectivity index (χ2v) is 34.4. The van der Waals surface area contributed by atoms with Crippen molar-refractivity contribution in [2.45, 2.75) is 101 Å². The van der Waals surface area contributed by atoms with Gasteiger partial charge in [0.2, 0.25) is 50.2 Å². The summed E-state index contributed by atoms with van der Waals surface area (Å²) in [5, 5.41) is 1.90. The first kappa shape index (κ1) is 90.0. The second-order valence-electron chi connectivity index (χ2n) is 34.4. The van der Waals surface area contributed by atoms with Gasteiger partial charge in [-0.25, -0.2) is 19.2 Å². The van der Waals surface area contributed by atoms with Crippen molar-refractivity contribution in [3.8, 4) is 115 Å². The van der Waals surface area contributed by atoms with Crippen LogP contribution >= 0.6 is 0 Å². The SMILES string of the molecule is COc1cc2oc(=O)cc(COc3c4c5cc6c3OCOc3c(cc7c(c3OCc3cc(=O)oc8cc(OC)c(OC)cc38)OCOc3c(cc8c(c3OCc3cc(=O)oc9cc(OC)c(OC)cc39)OCOc3c(cc(c(c3OCc3cc(=O)oc9cc(OC)c(OC)cc39)OCO4)C5CCc3ccccc3)C8CCc3ccccc3)C7CCc3ccccc3)C6CCc3ccccc3)c2cc1OC. The van der Waals surface area contributed by atoms with E-state index in [0.717, 1.165) is 22.3 Å². The average Bonchev–Trinajstić information content (AvgIpc) is 0.715. The maximum atomic E-state index is 14.2. The summed E-state index contributed by atoms with van der Waals surface area (Å²) in [6, 6.07) is 68.2. The molecule has 0 unspecified atom stereocenters. The zero-order valence-corrected chi connectivity index (χ0v) is 77.8. The van der Waals surface area contributed by atoms with Crippen LogP contribution < -0.4 is 117 Å². The van der Waals surface area contributed by atoms with Crippen LogP contribution in [0.15, 0.2) is 255 Å². The minimum absolute atomic E-state index is 0.116. The van der Waals surface area contributed by atoms with Crippen LogP contribution in [0.4, 0.5) is 0 Å². The fourth-order valence-electron chi connectivity index (χ4n) is 20.1. The van der Waals surface area contributed by atoms with E-state index in [2.05, 4.69) is 72.8 Å². The number of methoxy groups -OCH3 is 8. The summed E-state index contributed by atoms with van der Waals surface area (Å²) < 4.78 is 160. The van der Waals surface area contributed by atoms with E-state index >= 15 is 0 Å². The minimum Gasteiger partial charge on any atom is -0.493 e. The van der Waals surface area contributed by atoms with Gasteiger partial charge in [0.05, 0.1) is 56.9 Å². The Morgan fingerprint density at radius 2 is 0.407 bits per heavy atom. The largest absolute Gasteiger partial charge is 0.493 e. The van der Waals surface area contributed by atoms with Gasteiger partial charge in [-0.3, -0.25) is 0 Å². The van der Waals surface area contributed by atoms with Gasteiger partial charge in [-0.2, -0.15) is 0 Å². The number of hydrogen-bond donors (Lipinski definition) is 0. The van der Waals surface area contributed by atoms with Crippen molar-refractivity contribution in [2.24, 2.45) is 0 Å². The Labute approximate surface area is 801 Å². The number of fused-ring (bicyclic) bond motifs is 4. The van der Waals surface area contributed by atoms with E-state index in [0.29, 0.717) is 186 Å². The van der Waals surface area contributed by atoms with E-state index in [1.165, 1.54) is 81.1 Å². The third-order valence-electron chi connectivity index (χ3n) is 26.7. The fourth-order valence-corrected chi connectivity index (χ4v) is 20.1. The third-order valence-corrected chi connectivity index (χ3v) is 26.7. The van der Waals surface area contributed by atoms with Crippen molar-refractivity contribution >= 4 is 43.9 Å².